The molecule has 0 aliphatic heterocycles. The molecule has 0 aromatic heterocycles. The van der Waals surface area contributed by atoms with Crippen molar-refractivity contribution in [3.63, 3.8) is 0 Å². The normalized spacial score (nSPS) is 41.5. The molecule has 1 aromatic rings. The number of halogens is 1. The summed E-state index contributed by atoms with van der Waals surface area (Å²) in [5.74, 6) is 2.87. The molecule has 4 aliphatic rings. The molecule has 1 aromatic carbocycles. The lowest BCUT2D eigenvalue weighted by molar-refractivity contribution is -0.0677. The second-order valence-corrected chi connectivity index (χ2v) is 7.75. The average Bonchev–Trinajstić information content (AvgIpc) is 2.36. The Morgan fingerprint density at radius 1 is 1.05 bits per heavy atom. The van der Waals surface area contributed by atoms with E-state index in [9.17, 15) is 0 Å². The first-order valence-corrected chi connectivity index (χ1v) is 8.03. The lowest BCUT2D eigenvalue weighted by Gasteiger charge is -2.59. The molecule has 0 spiro atoms. The molecular formula is C17H22ClN. The minimum atomic E-state index is 0.180. The zero-order valence-electron chi connectivity index (χ0n) is 11.3. The van der Waals surface area contributed by atoms with Gasteiger partial charge >= 0.3 is 0 Å². The molecule has 19 heavy (non-hydrogen) atoms. The molecule has 5 rings (SSSR count). The van der Waals surface area contributed by atoms with Gasteiger partial charge in [0.25, 0.3) is 0 Å². The monoisotopic (exact) mass is 275 g/mol. The summed E-state index contributed by atoms with van der Waals surface area (Å²) in [6, 6.07) is 8.40. The summed E-state index contributed by atoms with van der Waals surface area (Å²) in [5, 5.41) is 0.817. The topological polar surface area (TPSA) is 26.0 Å². The van der Waals surface area contributed by atoms with Crippen LogP contribution in [0.1, 0.15) is 50.1 Å². The molecule has 2 heteroatoms. The summed E-state index contributed by atoms with van der Waals surface area (Å²) < 4.78 is 0. The number of rotatable bonds is 2. The van der Waals surface area contributed by atoms with Crippen molar-refractivity contribution in [3.8, 4) is 0 Å². The van der Waals surface area contributed by atoms with Crippen molar-refractivity contribution in [2.45, 2.75) is 44.6 Å². The van der Waals surface area contributed by atoms with E-state index < -0.39 is 0 Å². The van der Waals surface area contributed by atoms with Crippen LogP contribution in [0.2, 0.25) is 5.02 Å². The molecule has 1 unspecified atom stereocenters. The van der Waals surface area contributed by atoms with Gasteiger partial charge in [-0.1, -0.05) is 23.7 Å². The van der Waals surface area contributed by atoms with E-state index in [1.807, 2.05) is 12.1 Å². The van der Waals surface area contributed by atoms with Gasteiger partial charge in [0.2, 0.25) is 0 Å². The highest BCUT2D eigenvalue weighted by atomic mass is 35.5. The smallest absolute Gasteiger partial charge is 0.0409 e. The van der Waals surface area contributed by atoms with Crippen molar-refractivity contribution in [1.82, 2.24) is 0 Å². The van der Waals surface area contributed by atoms with Crippen molar-refractivity contribution < 1.29 is 0 Å². The van der Waals surface area contributed by atoms with Gasteiger partial charge in [-0.3, -0.25) is 0 Å². The second kappa shape index (κ2) is 4.23. The van der Waals surface area contributed by atoms with Gasteiger partial charge in [0, 0.05) is 11.1 Å². The van der Waals surface area contributed by atoms with Crippen molar-refractivity contribution in [2.24, 2.45) is 28.9 Å². The van der Waals surface area contributed by atoms with Crippen LogP contribution in [-0.4, -0.2) is 0 Å². The molecule has 2 N–H and O–H groups in total. The van der Waals surface area contributed by atoms with Gasteiger partial charge in [0.15, 0.2) is 0 Å². The fourth-order valence-electron chi connectivity index (χ4n) is 5.61. The Labute approximate surface area is 120 Å². The molecule has 0 heterocycles. The van der Waals surface area contributed by atoms with E-state index in [1.165, 1.54) is 44.1 Å². The van der Waals surface area contributed by atoms with Gasteiger partial charge in [-0.25, -0.2) is 0 Å². The van der Waals surface area contributed by atoms with Crippen LogP contribution in [0, 0.1) is 23.2 Å². The molecule has 1 atom stereocenters. The Morgan fingerprint density at radius 2 is 1.63 bits per heavy atom. The van der Waals surface area contributed by atoms with Crippen LogP contribution in [0.15, 0.2) is 24.3 Å². The number of hydrogen-bond donors (Lipinski definition) is 1. The highest BCUT2D eigenvalue weighted by molar-refractivity contribution is 6.30. The van der Waals surface area contributed by atoms with Crippen molar-refractivity contribution in [3.05, 3.63) is 34.9 Å². The summed E-state index contributed by atoms with van der Waals surface area (Å²) in [4.78, 5) is 0. The zero-order valence-corrected chi connectivity index (χ0v) is 12.1. The molecular weight excluding hydrogens is 254 g/mol. The fourth-order valence-corrected chi connectivity index (χ4v) is 5.81. The quantitative estimate of drug-likeness (QED) is 0.841. The Morgan fingerprint density at radius 3 is 2.16 bits per heavy atom. The largest absolute Gasteiger partial charge is 0.323 e. The van der Waals surface area contributed by atoms with Gasteiger partial charge in [-0.2, -0.15) is 0 Å². The predicted molar refractivity (Wildman–Crippen MR) is 79.0 cm³/mol. The molecule has 0 radical (unpaired) electrons. The number of benzene rings is 1. The van der Waals surface area contributed by atoms with E-state index in [0.717, 1.165) is 22.8 Å². The first-order valence-electron chi connectivity index (χ1n) is 7.66. The van der Waals surface area contributed by atoms with Gasteiger partial charge in [0.1, 0.15) is 0 Å². The van der Waals surface area contributed by atoms with E-state index in [-0.39, 0.29) is 6.04 Å². The predicted octanol–water partition coefficient (Wildman–Crippen LogP) is 4.56. The minimum absolute atomic E-state index is 0.180. The molecule has 0 saturated heterocycles. The van der Waals surface area contributed by atoms with Crippen LogP contribution in [0.3, 0.4) is 0 Å². The second-order valence-electron chi connectivity index (χ2n) is 7.31. The van der Waals surface area contributed by atoms with Gasteiger partial charge in [0.05, 0.1) is 0 Å². The maximum absolute atomic E-state index is 6.70. The number of nitrogens with two attached hydrogens (primary N) is 1. The highest BCUT2D eigenvalue weighted by Gasteiger charge is 2.53. The Bertz CT molecular complexity index is 461. The minimum Gasteiger partial charge on any atom is -0.323 e. The van der Waals surface area contributed by atoms with Gasteiger partial charge < -0.3 is 5.73 Å². The summed E-state index contributed by atoms with van der Waals surface area (Å²) in [6.45, 7) is 0. The van der Waals surface area contributed by atoms with Crippen molar-refractivity contribution in [2.75, 3.05) is 0 Å². The Balaban J connectivity index is 1.68. The summed E-state index contributed by atoms with van der Waals surface area (Å²) in [7, 11) is 0. The molecule has 102 valence electrons. The first-order chi connectivity index (χ1) is 9.14. The third-order valence-electron chi connectivity index (χ3n) is 5.95. The maximum atomic E-state index is 6.70. The van der Waals surface area contributed by atoms with Gasteiger partial charge in [-0.05, 0) is 79.4 Å². The number of hydrogen-bond acceptors (Lipinski definition) is 1. The SMILES string of the molecule is NC(c1cccc(Cl)c1)C12CC3CC(CC(C3)C1)C2. The van der Waals surface area contributed by atoms with Crippen LogP contribution in [0.5, 0.6) is 0 Å². The van der Waals surface area contributed by atoms with E-state index in [4.69, 9.17) is 17.3 Å². The van der Waals surface area contributed by atoms with Crippen LogP contribution in [0.4, 0.5) is 0 Å². The zero-order chi connectivity index (χ0) is 13.0. The van der Waals surface area contributed by atoms with Crippen molar-refractivity contribution >= 4 is 11.6 Å². The van der Waals surface area contributed by atoms with E-state index in [0.29, 0.717) is 5.41 Å². The van der Waals surface area contributed by atoms with Crippen LogP contribution < -0.4 is 5.73 Å². The first kappa shape index (κ1) is 12.2. The van der Waals surface area contributed by atoms with E-state index in [2.05, 4.69) is 12.1 Å². The van der Waals surface area contributed by atoms with Crippen LogP contribution in [0.25, 0.3) is 0 Å². The maximum Gasteiger partial charge on any atom is 0.0409 e. The average molecular weight is 276 g/mol. The molecule has 1 nitrogen and oxygen atoms in total. The summed E-state index contributed by atoms with van der Waals surface area (Å²) in [5.41, 5.74) is 8.32. The van der Waals surface area contributed by atoms with Crippen molar-refractivity contribution in [1.29, 1.82) is 0 Å². The van der Waals surface area contributed by atoms with Crippen LogP contribution in [-0.2, 0) is 0 Å². The summed E-state index contributed by atoms with van der Waals surface area (Å²) in [6.07, 6.45) is 8.48. The van der Waals surface area contributed by atoms with Crippen LogP contribution >= 0.6 is 11.6 Å². The molecule has 4 saturated carbocycles. The molecule has 4 aliphatic carbocycles. The molecule has 0 amide bonds. The fraction of sp³-hybridized carbons (Fsp3) is 0.647. The standard InChI is InChI=1S/C17H22ClN/c18-15-3-1-2-14(7-15)16(19)17-8-11-4-12(9-17)6-13(5-11)10-17/h1-3,7,11-13,16H,4-6,8-10,19H2. The Kier molecular flexibility index (Phi) is 2.72. The third kappa shape index (κ3) is 1.94. The van der Waals surface area contributed by atoms with E-state index >= 15 is 0 Å². The third-order valence-corrected chi connectivity index (χ3v) is 6.19. The lowest BCUT2D eigenvalue weighted by Crippen LogP contribution is -2.50. The van der Waals surface area contributed by atoms with Gasteiger partial charge in [-0.15, -0.1) is 0 Å². The molecule has 4 bridgehead atoms. The molecule has 4 fully saturated rings. The lowest BCUT2D eigenvalue weighted by atomic mass is 9.47. The highest BCUT2D eigenvalue weighted by Crippen LogP contribution is 2.63. The van der Waals surface area contributed by atoms with E-state index in [1.54, 1.807) is 0 Å². The Hall–Kier alpha value is -0.530. The summed E-state index contributed by atoms with van der Waals surface area (Å²) >= 11 is 6.14.